The zero-order valence-corrected chi connectivity index (χ0v) is 10.3. The molecule has 6 heteroatoms. The summed E-state index contributed by atoms with van der Waals surface area (Å²) in [6, 6.07) is 0. The number of hydrogen-bond donors (Lipinski definition) is 1. The Morgan fingerprint density at radius 1 is 1.27 bits per heavy atom. The van der Waals surface area contributed by atoms with Gasteiger partial charge in [0.05, 0.1) is 0 Å². The molecule has 1 fully saturated rings. The van der Waals surface area contributed by atoms with Crippen LogP contribution >= 0.6 is 34.8 Å². The largest absolute Gasteiger partial charge is 0.480 e. The Kier molecular flexibility index (Phi) is 3.12. The zero-order chi connectivity index (χ0) is 12.0. The fraction of sp³-hybridized carbons (Fsp3) is 0.556. The number of allylic oxidation sites excluding steroid dienone is 1. The SMILES string of the molecule is CC1(C)[C@@H](C=C(Cl)Cl)[C@]1(C(=O)O)C(=O)Cl. The second kappa shape index (κ2) is 3.65. The summed E-state index contributed by atoms with van der Waals surface area (Å²) >= 11 is 16.3. The topological polar surface area (TPSA) is 54.4 Å². The molecule has 0 radical (unpaired) electrons. The third-order valence-corrected chi connectivity index (χ3v) is 3.67. The van der Waals surface area contributed by atoms with Crippen molar-refractivity contribution in [3.05, 3.63) is 10.6 Å². The first-order chi connectivity index (χ1) is 6.69. The van der Waals surface area contributed by atoms with E-state index >= 15 is 0 Å². The lowest BCUT2D eigenvalue weighted by Crippen LogP contribution is -2.27. The van der Waals surface area contributed by atoms with Crippen LogP contribution in [0.5, 0.6) is 0 Å². The van der Waals surface area contributed by atoms with Gasteiger partial charge in [0.25, 0.3) is 0 Å². The van der Waals surface area contributed by atoms with E-state index in [1.165, 1.54) is 6.08 Å². The zero-order valence-electron chi connectivity index (χ0n) is 8.05. The Bertz CT molecular complexity index is 342. The summed E-state index contributed by atoms with van der Waals surface area (Å²) in [5.74, 6) is -1.82. The summed E-state index contributed by atoms with van der Waals surface area (Å²) in [7, 11) is 0. The molecule has 0 bridgehead atoms. The van der Waals surface area contributed by atoms with Crippen molar-refractivity contribution in [1.82, 2.24) is 0 Å². The summed E-state index contributed by atoms with van der Waals surface area (Å²) in [5.41, 5.74) is -2.38. The van der Waals surface area contributed by atoms with E-state index in [9.17, 15) is 9.59 Å². The van der Waals surface area contributed by atoms with E-state index in [1.54, 1.807) is 13.8 Å². The maximum atomic E-state index is 11.2. The standard InChI is InChI=1S/C9H9Cl3O3/c1-8(2)4(3-5(10)11)9(8,6(12)13)7(14)15/h3-4H,1-2H3,(H,14,15)/t4-,9-/m1/s1. The van der Waals surface area contributed by atoms with Crippen LogP contribution in [0, 0.1) is 16.7 Å². The van der Waals surface area contributed by atoms with Crippen molar-refractivity contribution in [2.24, 2.45) is 16.7 Å². The number of hydrogen-bond acceptors (Lipinski definition) is 2. The number of carboxylic acid groups (broad SMARTS) is 1. The Labute approximate surface area is 102 Å². The molecule has 0 saturated heterocycles. The van der Waals surface area contributed by atoms with E-state index < -0.39 is 28.0 Å². The number of carboxylic acids is 1. The van der Waals surface area contributed by atoms with Gasteiger partial charge >= 0.3 is 5.97 Å². The van der Waals surface area contributed by atoms with Gasteiger partial charge < -0.3 is 5.11 Å². The van der Waals surface area contributed by atoms with Gasteiger partial charge in [0, 0.05) is 5.92 Å². The predicted molar refractivity (Wildman–Crippen MR) is 58.0 cm³/mol. The van der Waals surface area contributed by atoms with Gasteiger partial charge in [0.2, 0.25) is 5.24 Å². The highest BCUT2D eigenvalue weighted by Crippen LogP contribution is 2.71. The molecule has 0 aromatic carbocycles. The van der Waals surface area contributed by atoms with Gasteiger partial charge in [0.1, 0.15) is 4.49 Å². The second-order valence-electron chi connectivity index (χ2n) is 4.04. The quantitative estimate of drug-likeness (QED) is 0.634. The molecule has 0 aromatic rings. The van der Waals surface area contributed by atoms with Crippen LogP contribution in [0.2, 0.25) is 0 Å². The maximum Gasteiger partial charge on any atom is 0.319 e. The molecule has 0 unspecified atom stereocenters. The molecule has 0 aliphatic heterocycles. The van der Waals surface area contributed by atoms with Crippen molar-refractivity contribution in [3.8, 4) is 0 Å². The van der Waals surface area contributed by atoms with Crippen LogP contribution in [0.4, 0.5) is 0 Å². The number of carbonyl (C=O) groups is 2. The van der Waals surface area contributed by atoms with Crippen molar-refractivity contribution in [1.29, 1.82) is 0 Å². The van der Waals surface area contributed by atoms with Gasteiger partial charge in [-0.1, -0.05) is 37.0 Å². The van der Waals surface area contributed by atoms with Crippen molar-refractivity contribution in [2.45, 2.75) is 13.8 Å². The van der Waals surface area contributed by atoms with Crippen molar-refractivity contribution in [2.75, 3.05) is 0 Å². The minimum Gasteiger partial charge on any atom is -0.480 e. The lowest BCUT2D eigenvalue weighted by atomic mass is 9.98. The molecule has 84 valence electrons. The Morgan fingerprint density at radius 3 is 1.93 bits per heavy atom. The van der Waals surface area contributed by atoms with Gasteiger partial charge in [-0.2, -0.15) is 0 Å². The number of aliphatic carboxylic acids is 1. The van der Waals surface area contributed by atoms with Crippen LogP contribution in [0.1, 0.15) is 13.8 Å². The average molecular weight is 272 g/mol. The first-order valence-electron chi connectivity index (χ1n) is 4.15. The van der Waals surface area contributed by atoms with E-state index in [0.717, 1.165) is 0 Å². The molecular weight excluding hydrogens is 262 g/mol. The summed E-state index contributed by atoms with van der Waals surface area (Å²) in [6.45, 7) is 3.28. The molecule has 15 heavy (non-hydrogen) atoms. The summed E-state index contributed by atoms with van der Waals surface area (Å²) < 4.78 is -0.0610. The molecule has 1 N–H and O–H groups in total. The van der Waals surface area contributed by atoms with Gasteiger partial charge in [0.15, 0.2) is 5.41 Å². The van der Waals surface area contributed by atoms with Gasteiger partial charge in [-0.3, -0.25) is 9.59 Å². The highest BCUT2D eigenvalue weighted by atomic mass is 35.5. The minimum atomic E-state index is -1.61. The number of rotatable bonds is 3. The third kappa shape index (κ3) is 1.57. The minimum absolute atomic E-state index is 0.0610. The van der Waals surface area contributed by atoms with Crippen LogP contribution in [0.25, 0.3) is 0 Å². The molecule has 1 saturated carbocycles. The first-order valence-corrected chi connectivity index (χ1v) is 5.28. The molecule has 0 spiro atoms. The maximum absolute atomic E-state index is 11.2. The molecular formula is C9H9Cl3O3. The highest BCUT2D eigenvalue weighted by Gasteiger charge is 2.79. The van der Waals surface area contributed by atoms with Crippen LogP contribution in [0.15, 0.2) is 10.6 Å². The summed E-state index contributed by atoms with van der Waals surface area (Å²) in [6.07, 6.45) is 1.34. The summed E-state index contributed by atoms with van der Waals surface area (Å²) in [5, 5.41) is 8.18. The van der Waals surface area contributed by atoms with Gasteiger partial charge in [-0.15, -0.1) is 0 Å². The monoisotopic (exact) mass is 270 g/mol. The fourth-order valence-electron chi connectivity index (χ4n) is 2.13. The number of carbonyl (C=O) groups excluding carboxylic acids is 1. The smallest absolute Gasteiger partial charge is 0.319 e. The van der Waals surface area contributed by atoms with Crippen molar-refractivity contribution in [3.63, 3.8) is 0 Å². The van der Waals surface area contributed by atoms with E-state index in [1.807, 2.05) is 0 Å². The van der Waals surface area contributed by atoms with E-state index in [2.05, 4.69) is 0 Å². The van der Waals surface area contributed by atoms with Crippen LogP contribution < -0.4 is 0 Å². The molecule has 1 rings (SSSR count). The van der Waals surface area contributed by atoms with Crippen molar-refractivity contribution < 1.29 is 14.7 Å². The molecule has 0 amide bonds. The Morgan fingerprint density at radius 2 is 1.73 bits per heavy atom. The molecule has 3 nitrogen and oxygen atoms in total. The van der Waals surface area contributed by atoms with Crippen LogP contribution in [-0.2, 0) is 9.59 Å². The lowest BCUT2D eigenvalue weighted by molar-refractivity contribution is -0.148. The van der Waals surface area contributed by atoms with Crippen LogP contribution in [-0.4, -0.2) is 16.3 Å². The van der Waals surface area contributed by atoms with E-state index in [0.29, 0.717) is 0 Å². The van der Waals surface area contributed by atoms with Gasteiger partial charge in [-0.05, 0) is 23.1 Å². The fourth-order valence-corrected chi connectivity index (χ4v) is 2.82. The number of halogens is 3. The molecule has 2 atom stereocenters. The van der Waals surface area contributed by atoms with Crippen LogP contribution in [0.3, 0.4) is 0 Å². The molecule has 1 aliphatic rings. The lowest BCUT2D eigenvalue weighted by Gasteiger charge is -2.08. The highest BCUT2D eigenvalue weighted by molar-refractivity contribution is 6.67. The first kappa shape index (κ1) is 12.8. The van der Waals surface area contributed by atoms with Gasteiger partial charge in [-0.25, -0.2) is 0 Å². The Hall–Kier alpha value is -0.250. The predicted octanol–water partition coefficient (Wildman–Crippen LogP) is 2.80. The Balaban J connectivity index is 3.20. The molecule has 1 aliphatic carbocycles. The van der Waals surface area contributed by atoms with E-state index in [-0.39, 0.29) is 4.49 Å². The average Bonchev–Trinajstić information content (AvgIpc) is 2.47. The molecule has 0 aromatic heterocycles. The molecule has 0 heterocycles. The third-order valence-electron chi connectivity index (χ3n) is 3.12. The normalized spacial score (nSPS) is 31.9. The van der Waals surface area contributed by atoms with Crippen molar-refractivity contribution >= 4 is 46.0 Å². The van der Waals surface area contributed by atoms with E-state index in [4.69, 9.17) is 39.9 Å². The summed E-state index contributed by atoms with van der Waals surface area (Å²) in [4.78, 5) is 22.4. The second-order valence-corrected chi connectivity index (χ2v) is 5.39.